The van der Waals surface area contributed by atoms with Crippen molar-refractivity contribution in [1.29, 1.82) is 5.26 Å². The monoisotopic (exact) mass is 450 g/mol. The molecule has 0 aliphatic carbocycles. The first-order valence-corrected chi connectivity index (χ1v) is 11.4. The molecule has 0 unspecified atom stereocenters. The predicted molar refractivity (Wildman–Crippen MR) is 124 cm³/mol. The van der Waals surface area contributed by atoms with E-state index in [9.17, 15) is 14.9 Å². The van der Waals surface area contributed by atoms with Crippen LogP contribution in [0.5, 0.6) is 0 Å². The molecule has 158 valence electrons. The van der Waals surface area contributed by atoms with Gasteiger partial charge in [0.15, 0.2) is 0 Å². The molecule has 0 radical (unpaired) electrons. The lowest BCUT2D eigenvalue weighted by molar-refractivity contribution is -0.115. The van der Waals surface area contributed by atoms with Gasteiger partial charge in [0, 0.05) is 4.90 Å². The quantitative estimate of drug-likeness (QED) is 0.355. The van der Waals surface area contributed by atoms with Crippen LogP contribution in [-0.2, 0) is 9.53 Å². The Morgan fingerprint density at radius 3 is 2.26 bits per heavy atom. The highest BCUT2D eigenvalue weighted by Crippen LogP contribution is 2.38. The van der Waals surface area contributed by atoms with Gasteiger partial charge in [-0.05, 0) is 44.0 Å². The fourth-order valence-corrected chi connectivity index (χ4v) is 5.00. The van der Waals surface area contributed by atoms with Crippen LogP contribution in [0.2, 0.25) is 0 Å². The highest BCUT2D eigenvalue weighted by atomic mass is 32.2. The number of esters is 1. The van der Waals surface area contributed by atoms with E-state index in [-0.39, 0.29) is 17.6 Å². The van der Waals surface area contributed by atoms with Crippen molar-refractivity contribution in [3.63, 3.8) is 0 Å². The van der Waals surface area contributed by atoms with Gasteiger partial charge in [-0.2, -0.15) is 5.26 Å². The maximum Gasteiger partial charge on any atom is 0.348 e. The molecule has 0 fully saturated rings. The summed E-state index contributed by atoms with van der Waals surface area (Å²) in [5, 5.41) is 12.3. The topological polar surface area (TPSA) is 79.2 Å². The number of anilines is 1. The number of ether oxygens (including phenoxy) is 1. The first-order valence-electron chi connectivity index (χ1n) is 9.72. The number of benzene rings is 2. The second-order valence-corrected chi connectivity index (χ2v) is 9.24. The average molecular weight is 451 g/mol. The normalized spacial score (nSPS) is 11.6. The molecule has 0 bridgehead atoms. The lowest BCUT2D eigenvalue weighted by Crippen LogP contribution is -2.19. The van der Waals surface area contributed by atoms with E-state index in [1.807, 2.05) is 60.7 Å². The van der Waals surface area contributed by atoms with Crippen LogP contribution in [0.4, 0.5) is 5.00 Å². The first-order chi connectivity index (χ1) is 14.9. The number of amides is 1. The van der Waals surface area contributed by atoms with Gasteiger partial charge in [0.1, 0.15) is 21.2 Å². The molecule has 0 saturated heterocycles. The van der Waals surface area contributed by atoms with Gasteiger partial charge in [0.05, 0.1) is 11.7 Å². The summed E-state index contributed by atoms with van der Waals surface area (Å²) in [6, 6.07) is 21.2. The van der Waals surface area contributed by atoms with Crippen LogP contribution >= 0.6 is 23.1 Å². The summed E-state index contributed by atoms with van der Waals surface area (Å²) < 4.78 is 5.28. The molecule has 1 aromatic heterocycles. The Bertz CT molecular complexity index is 1100. The van der Waals surface area contributed by atoms with Gasteiger partial charge in [-0.25, -0.2) is 4.79 Å². The molecule has 7 heteroatoms. The molecule has 1 amide bonds. The third kappa shape index (κ3) is 5.54. The fourth-order valence-electron chi connectivity index (χ4n) is 2.91. The molecule has 3 rings (SSSR count). The Morgan fingerprint density at radius 1 is 1.06 bits per heavy atom. The number of thioether (sulfide) groups is 1. The fraction of sp³-hybridized carbons (Fsp3) is 0.208. The third-order valence-corrected chi connectivity index (χ3v) is 6.81. The maximum atomic E-state index is 13.3. The molecule has 5 nitrogen and oxygen atoms in total. The molecule has 31 heavy (non-hydrogen) atoms. The van der Waals surface area contributed by atoms with Crippen LogP contribution in [0.25, 0.3) is 0 Å². The third-order valence-electron chi connectivity index (χ3n) is 4.36. The zero-order valence-corrected chi connectivity index (χ0v) is 19.0. The first kappa shape index (κ1) is 22.6. The van der Waals surface area contributed by atoms with Crippen molar-refractivity contribution in [3.8, 4) is 6.07 Å². The van der Waals surface area contributed by atoms with E-state index in [1.165, 1.54) is 11.8 Å². The van der Waals surface area contributed by atoms with Crippen LogP contribution in [0.1, 0.15) is 45.5 Å². The molecular weight excluding hydrogens is 428 g/mol. The summed E-state index contributed by atoms with van der Waals surface area (Å²) in [5.74, 6) is -0.755. The van der Waals surface area contributed by atoms with Crippen LogP contribution < -0.4 is 5.32 Å². The van der Waals surface area contributed by atoms with Gasteiger partial charge in [-0.3, -0.25) is 4.79 Å². The van der Waals surface area contributed by atoms with E-state index in [0.717, 1.165) is 21.8 Å². The second-order valence-electron chi connectivity index (χ2n) is 7.04. The second kappa shape index (κ2) is 10.3. The Hall–Kier alpha value is -3.08. The summed E-state index contributed by atoms with van der Waals surface area (Å²) in [7, 11) is 0. The number of carbonyl (C=O) groups is 2. The van der Waals surface area contributed by atoms with E-state index in [1.54, 1.807) is 20.8 Å². The summed E-state index contributed by atoms with van der Waals surface area (Å²) in [4.78, 5) is 27.0. The van der Waals surface area contributed by atoms with Crippen molar-refractivity contribution in [2.75, 3.05) is 5.32 Å². The van der Waals surface area contributed by atoms with Gasteiger partial charge in [-0.15, -0.1) is 23.1 Å². The van der Waals surface area contributed by atoms with Gasteiger partial charge in [-0.1, -0.05) is 48.5 Å². The highest BCUT2D eigenvalue weighted by molar-refractivity contribution is 8.00. The Balaban J connectivity index is 1.91. The minimum atomic E-state index is -0.524. The molecule has 0 aliphatic rings. The Labute approximate surface area is 190 Å². The van der Waals surface area contributed by atoms with Gasteiger partial charge < -0.3 is 10.1 Å². The summed E-state index contributed by atoms with van der Waals surface area (Å²) in [6.07, 6.45) is -0.276. The summed E-state index contributed by atoms with van der Waals surface area (Å²) in [6.45, 7) is 5.22. The minimum Gasteiger partial charge on any atom is -0.459 e. The minimum absolute atomic E-state index is 0.262. The zero-order valence-electron chi connectivity index (χ0n) is 17.4. The van der Waals surface area contributed by atoms with Crippen molar-refractivity contribution in [1.82, 2.24) is 0 Å². The number of nitriles is 1. The van der Waals surface area contributed by atoms with Crippen LogP contribution in [0.3, 0.4) is 0 Å². The number of thiophene rings is 1. The number of hydrogen-bond acceptors (Lipinski definition) is 6. The van der Waals surface area contributed by atoms with Crippen molar-refractivity contribution >= 4 is 40.0 Å². The average Bonchev–Trinajstić information content (AvgIpc) is 3.07. The van der Waals surface area contributed by atoms with Crippen LogP contribution in [0.15, 0.2) is 65.6 Å². The molecule has 3 aromatic rings. The highest BCUT2D eigenvalue weighted by Gasteiger charge is 2.27. The van der Waals surface area contributed by atoms with Gasteiger partial charge in [0.25, 0.3) is 0 Å². The van der Waals surface area contributed by atoms with E-state index in [2.05, 4.69) is 11.4 Å². The maximum absolute atomic E-state index is 13.3. The number of rotatable bonds is 7. The van der Waals surface area contributed by atoms with Crippen LogP contribution in [-0.4, -0.2) is 18.0 Å². The predicted octanol–water partition coefficient (Wildman–Crippen LogP) is 5.97. The molecule has 0 saturated carbocycles. The lowest BCUT2D eigenvalue weighted by Gasteiger charge is -2.16. The number of carbonyl (C=O) groups excluding carboxylic acids is 2. The van der Waals surface area contributed by atoms with Crippen molar-refractivity contribution < 1.29 is 14.3 Å². The number of hydrogen-bond donors (Lipinski definition) is 1. The van der Waals surface area contributed by atoms with E-state index in [0.29, 0.717) is 15.4 Å². The molecule has 1 atom stereocenters. The van der Waals surface area contributed by atoms with Crippen molar-refractivity contribution in [2.45, 2.75) is 37.0 Å². The Kier molecular flexibility index (Phi) is 7.50. The van der Waals surface area contributed by atoms with Crippen molar-refractivity contribution in [2.24, 2.45) is 0 Å². The SMILES string of the molecule is Cc1c(C(=O)OC(C)C)sc(NC(=O)[C@H](Sc2ccccc2)c2ccccc2)c1C#N. The van der Waals surface area contributed by atoms with E-state index >= 15 is 0 Å². The van der Waals surface area contributed by atoms with Crippen molar-refractivity contribution in [3.05, 3.63) is 82.2 Å². The molecule has 0 aliphatic heterocycles. The largest absolute Gasteiger partial charge is 0.459 e. The summed E-state index contributed by atoms with van der Waals surface area (Å²) >= 11 is 2.50. The molecule has 2 aromatic carbocycles. The standard InChI is InChI=1S/C24H22N2O3S2/c1-15(2)29-24(28)20-16(3)19(14-25)23(31-20)26-22(27)21(17-10-6-4-7-11-17)30-18-12-8-5-9-13-18/h4-13,15,21H,1-3H3,(H,26,27)/t21-/m1/s1. The van der Waals surface area contributed by atoms with E-state index in [4.69, 9.17) is 4.74 Å². The molecule has 1 heterocycles. The number of nitrogens with one attached hydrogen (secondary N) is 1. The number of nitrogens with zero attached hydrogens (tertiary/aromatic N) is 1. The van der Waals surface area contributed by atoms with E-state index < -0.39 is 11.2 Å². The smallest absolute Gasteiger partial charge is 0.348 e. The van der Waals surface area contributed by atoms with Gasteiger partial charge in [0.2, 0.25) is 5.91 Å². The summed E-state index contributed by atoms with van der Waals surface area (Å²) in [5.41, 5.74) is 1.64. The zero-order chi connectivity index (χ0) is 22.4. The van der Waals surface area contributed by atoms with Crippen LogP contribution in [0, 0.1) is 18.3 Å². The Morgan fingerprint density at radius 2 is 1.68 bits per heavy atom. The molecule has 1 N–H and O–H groups in total. The lowest BCUT2D eigenvalue weighted by atomic mass is 10.1. The molecular formula is C24H22N2O3S2. The molecule has 0 spiro atoms. The van der Waals surface area contributed by atoms with Gasteiger partial charge >= 0.3 is 5.97 Å².